The van der Waals surface area contributed by atoms with Crippen LogP contribution in [0.4, 0.5) is 4.39 Å². The zero-order chi connectivity index (χ0) is 12.4. The largest absolute Gasteiger partial charge is 0.382 e. The summed E-state index contributed by atoms with van der Waals surface area (Å²) in [6.07, 6.45) is 2.31. The van der Waals surface area contributed by atoms with Gasteiger partial charge < -0.3 is 9.67 Å². The van der Waals surface area contributed by atoms with Gasteiger partial charge in [-0.3, -0.25) is 4.98 Å². The molecular formula is C12H14FN3O. The van der Waals surface area contributed by atoms with E-state index in [1.807, 2.05) is 14.0 Å². The number of imidazole rings is 1. The van der Waals surface area contributed by atoms with Crippen LogP contribution in [0.3, 0.4) is 0 Å². The van der Waals surface area contributed by atoms with Gasteiger partial charge in [0.25, 0.3) is 0 Å². The van der Waals surface area contributed by atoms with E-state index in [2.05, 4.69) is 9.97 Å². The third-order valence-electron chi connectivity index (χ3n) is 2.83. The van der Waals surface area contributed by atoms with E-state index in [0.29, 0.717) is 17.0 Å². The average molecular weight is 235 g/mol. The minimum atomic E-state index is -0.811. The lowest BCUT2D eigenvalue weighted by Crippen LogP contribution is -2.07. The van der Waals surface area contributed by atoms with E-state index in [-0.39, 0.29) is 0 Å². The van der Waals surface area contributed by atoms with Crippen LogP contribution in [0.2, 0.25) is 0 Å². The van der Waals surface area contributed by atoms with Gasteiger partial charge in [-0.05, 0) is 24.6 Å². The molecule has 0 spiro atoms. The van der Waals surface area contributed by atoms with Crippen molar-refractivity contribution in [3.05, 3.63) is 47.3 Å². The van der Waals surface area contributed by atoms with Gasteiger partial charge in [-0.15, -0.1) is 0 Å². The number of pyridine rings is 1. The van der Waals surface area contributed by atoms with E-state index in [9.17, 15) is 9.50 Å². The number of hydrogen-bond acceptors (Lipinski definition) is 3. The Kier molecular flexibility index (Phi) is 3.19. The van der Waals surface area contributed by atoms with Crippen LogP contribution in [0.25, 0.3) is 0 Å². The number of aliphatic hydroxyl groups excluding tert-OH is 1. The zero-order valence-electron chi connectivity index (χ0n) is 9.76. The first-order chi connectivity index (χ1) is 8.13. The first kappa shape index (κ1) is 11.7. The number of aromatic nitrogens is 3. The molecule has 0 aromatic carbocycles. The Morgan fingerprint density at radius 3 is 2.82 bits per heavy atom. The molecule has 2 rings (SSSR count). The maximum atomic E-state index is 12.5. The van der Waals surface area contributed by atoms with Gasteiger partial charge in [-0.1, -0.05) is 0 Å². The molecule has 0 saturated heterocycles. The van der Waals surface area contributed by atoms with Crippen LogP contribution in [-0.4, -0.2) is 19.6 Å². The summed E-state index contributed by atoms with van der Waals surface area (Å²) in [7, 11) is 1.83. The number of alkyl halides is 1. The smallest absolute Gasteiger partial charge is 0.131 e. The molecule has 0 saturated carbocycles. The summed E-state index contributed by atoms with van der Waals surface area (Å²) < 4.78 is 14.3. The maximum absolute atomic E-state index is 12.5. The summed E-state index contributed by atoms with van der Waals surface area (Å²) in [5.41, 5.74) is 1.62. The lowest BCUT2D eigenvalue weighted by molar-refractivity contribution is 0.211. The van der Waals surface area contributed by atoms with Crippen LogP contribution in [0.1, 0.15) is 28.9 Å². The number of halogens is 1. The molecule has 0 aliphatic rings. The minimum Gasteiger partial charge on any atom is -0.382 e. The Morgan fingerprint density at radius 2 is 2.24 bits per heavy atom. The van der Waals surface area contributed by atoms with Gasteiger partial charge in [-0.25, -0.2) is 9.37 Å². The highest BCUT2D eigenvalue weighted by atomic mass is 19.1. The van der Waals surface area contributed by atoms with E-state index in [1.165, 1.54) is 6.20 Å². The van der Waals surface area contributed by atoms with Crippen LogP contribution in [0.5, 0.6) is 0 Å². The Bertz CT molecular complexity index is 524. The summed E-state index contributed by atoms with van der Waals surface area (Å²) in [6, 6.07) is 3.24. The molecule has 2 aromatic heterocycles. The third kappa shape index (κ3) is 2.19. The average Bonchev–Trinajstić information content (AvgIpc) is 2.69. The van der Waals surface area contributed by atoms with Gasteiger partial charge >= 0.3 is 0 Å². The first-order valence-corrected chi connectivity index (χ1v) is 5.30. The Morgan fingerprint density at radius 1 is 1.47 bits per heavy atom. The highest BCUT2D eigenvalue weighted by Crippen LogP contribution is 2.22. The number of rotatable bonds is 3. The lowest BCUT2D eigenvalue weighted by atomic mass is 10.1. The summed E-state index contributed by atoms with van der Waals surface area (Å²) in [4.78, 5) is 7.97. The van der Waals surface area contributed by atoms with Crippen LogP contribution in [0.15, 0.2) is 24.5 Å². The van der Waals surface area contributed by atoms with Gasteiger partial charge in [0.15, 0.2) is 0 Å². The molecular weight excluding hydrogens is 221 g/mol. The van der Waals surface area contributed by atoms with Gasteiger partial charge in [-0.2, -0.15) is 0 Å². The van der Waals surface area contributed by atoms with Crippen molar-refractivity contribution in [2.24, 2.45) is 7.05 Å². The molecule has 4 nitrogen and oxygen atoms in total. The van der Waals surface area contributed by atoms with Crippen molar-refractivity contribution in [2.45, 2.75) is 19.7 Å². The van der Waals surface area contributed by atoms with Crippen molar-refractivity contribution in [3.63, 3.8) is 0 Å². The number of aryl methyl sites for hydroxylation is 1. The molecule has 2 aromatic rings. The van der Waals surface area contributed by atoms with E-state index < -0.39 is 12.8 Å². The third-order valence-corrected chi connectivity index (χ3v) is 2.83. The second kappa shape index (κ2) is 4.63. The van der Waals surface area contributed by atoms with Crippen molar-refractivity contribution in [1.29, 1.82) is 0 Å². The molecule has 0 radical (unpaired) electrons. The van der Waals surface area contributed by atoms with Crippen LogP contribution in [-0.2, 0) is 13.7 Å². The second-order valence-corrected chi connectivity index (χ2v) is 3.91. The van der Waals surface area contributed by atoms with Crippen molar-refractivity contribution in [3.8, 4) is 0 Å². The molecule has 1 N–H and O–H groups in total. The summed E-state index contributed by atoms with van der Waals surface area (Å²) in [6.45, 7) is 1.22. The van der Waals surface area contributed by atoms with E-state index in [4.69, 9.17) is 0 Å². The van der Waals surface area contributed by atoms with E-state index >= 15 is 0 Å². The van der Waals surface area contributed by atoms with Gasteiger partial charge in [0.1, 0.15) is 18.6 Å². The monoisotopic (exact) mass is 235 g/mol. The second-order valence-electron chi connectivity index (χ2n) is 3.91. The van der Waals surface area contributed by atoms with Gasteiger partial charge in [0.05, 0.1) is 17.6 Å². The lowest BCUT2D eigenvalue weighted by Gasteiger charge is -2.12. The zero-order valence-corrected chi connectivity index (χ0v) is 9.76. The number of nitrogens with zero attached hydrogens (tertiary/aromatic N) is 3. The molecule has 0 bridgehead atoms. The normalized spacial score (nSPS) is 12.7. The van der Waals surface area contributed by atoms with E-state index in [1.54, 1.807) is 22.9 Å². The van der Waals surface area contributed by atoms with Gasteiger partial charge in [0.2, 0.25) is 0 Å². The number of hydrogen-bond donors (Lipinski definition) is 1. The standard InChI is InChI=1S/C12H14FN3O/c1-8-15-7-11(16(8)2)12(17)9-3-4-14-10(5-9)6-13/h3-5,7,12,17H,6H2,1-2H3. The topological polar surface area (TPSA) is 50.9 Å². The molecule has 0 amide bonds. The SMILES string of the molecule is Cc1ncc(C(O)c2ccnc(CF)c2)n1C. The fourth-order valence-electron chi connectivity index (χ4n) is 1.68. The first-order valence-electron chi connectivity index (χ1n) is 5.30. The minimum absolute atomic E-state index is 0.320. The molecule has 0 fully saturated rings. The molecule has 0 aliphatic heterocycles. The van der Waals surface area contributed by atoms with Crippen molar-refractivity contribution >= 4 is 0 Å². The highest BCUT2D eigenvalue weighted by molar-refractivity contribution is 5.26. The van der Waals surface area contributed by atoms with E-state index in [0.717, 1.165) is 5.82 Å². The van der Waals surface area contributed by atoms with Crippen molar-refractivity contribution in [1.82, 2.24) is 14.5 Å². The highest BCUT2D eigenvalue weighted by Gasteiger charge is 2.15. The predicted molar refractivity (Wildman–Crippen MR) is 61.1 cm³/mol. The predicted octanol–water partition coefficient (Wildman–Crippen LogP) is 1.67. The maximum Gasteiger partial charge on any atom is 0.131 e. The molecule has 5 heteroatoms. The Labute approximate surface area is 98.8 Å². The number of aliphatic hydroxyl groups is 1. The molecule has 90 valence electrons. The molecule has 1 unspecified atom stereocenters. The quantitative estimate of drug-likeness (QED) is 0.880. The Balaban J connectivity index is 2.36. The van der Waals surface area contributed by atoms with Crippen LogP contribution < -0.4 is 0 Å². The molecule has 17 heavy (non-hydrogen) atoms. The summed E-state index contributed by atoms with van der Waals surface area (Å²) >= 11 is 0. The molecule has 1 atom stereocenters. The van der Waals surface area contributed by atoms with Crippen LogP contribution in [0, 0.1) is 6.92 Å². The fraction of sp³-hybridized carbons (Fsp3) is 0.333. The van der Waals surface area contributed by atoms with Gasteiger partial charge in [0, 0.05) is 13.2 Å². The van der Waals surface area contributed by atoms with Crippen LogP contribution >= 0.6 is 0 Å². The summed E-state index contributed by atoms with van der Waals surface area (Å²) in [5, 5.41) is 10.2. The molecule has 0 aliphatic carbocycles. The van der Waals surface area contributed by atoms with Crippen molar-refractivity contribution < 1.29 is 9.50 Å². The fourth-order valence-corrected chi connectivity index (χ4v) is 1.68. The van der Waals surface area contributed by atoms with Crippen molar-refractivity contribution in [2.75, 3.05) is 0 Å². The Hall–Kier alpha value is -1.75. The molecule has 2 heterocycles. The summed E-state index contributed by atoms with van der Waals surface area (Å²) in [5.74, 6) is 0.818.